The molecule has 1 saturated heterocycles. The number of nitrogens with two attached hydrogens (primary N) is 1. The first-order chi connectivity index (χ1) is 8.78. The van der Waals surface area contributed by atoms with Crippen LogP contribution in [0.2, 0.25) is 0 Å². The molecule has 0 aliphatic carbocycles. The summed E-state index contributed by atoms with van der Waals surface area (Å²) < 4.78 is 24.2. The van der Waals surface area contributed by atoms with Gasteiger partial charge < -0.3 is 15.2 Å². The first-order valence-electron chi connectivity index (χ1n) is 5.98. The molecule has 1 aliphatic rings. The van der Waals surface area contributed by atoms with E-state index < -0.39 is 0 Å². The Morgan fingerprint density at radius 3 is 3.06 bits per heavy atom. The van der Waals surface area contributed by atoms with E-state index in [-0.39, 0.29) is 12.4 Å². The molecular weight excluding hydrogens is 233 g/mol. The Hall–Kier alpha value is -1.57. The number of benzene rings is 1. The van der Waals surface area contributed by atoms with Crippen LogP contribution in [0, 0.1) is 23.6 Å². The van der Waals surface area contributed by atoms with Crippen molar-refractivity contribution in [1.29, 1.82) is 0 Å². The van der Waals surface area contributed by atoms with Crippen molar-refractivity contribution in [1.82, 2.24) is 0 Å². The Kier molecular flexibility index (Phi) is 4.57. The molecule has 18 heavy (non-hydrogen) atoms. The minimum atomic E-state index is -0.350. The third-order valence-corrected chi connectivity index (χ3v) is 2.72. The average molecular weight is 249 g/mol. The zero-order valence-electron chi connectivity index (χ0n) is 10.1. The summed E-state index contributed by atoms with van der Waals surface area (Å²) >= 11 is 0. The van der Waals surface area contributed by atoms with Gasteiger partial charge >= 0.3 is 0 Å². The topological polar surface area (TPSA) is 44.5 Å². The van der Waals surface area contributed by atoms with Crippen LogP contribution in [0.1, 0.15) is 12.0 Å². The smallest absolute Gasteiger partial charge is 0.128 e. The molecule has 1 atom stereocenters. The van der Waals surface area contributed by atoms with Gasteiger partial charge in [0.15, 0.2) is 0 Å². The predicted molar refractivity (Wildman–Crippen MR) is 66.8 cm³/mol. The molecule has 1 aromatic rings. The summed E-state index contributed by atoms with van der Waals surface area (Å²) in [5.41, 5.74) is 5.86. The van der Waals surface area contributed by atoms with E-state index in [9.17, 15) is 4.39 Å². The SMILES string of the molecule is NCC#Cc1cc(F)cc(OCC2CCOC2)c1. The number of hydrogen-bond acceptors (Lipinski definition) is 3. The van der Waals surface area contributed by atoms with E-state index in [0.717, 1.165) is 19.6 Å². The minimum Gasteiger partial charge on any atom is -0.493 e. The molecular formula is C14H16FNO2. The summed E-state index contributed by atoms with van der Waals surface area (Å²) in [6.45, 7) is 2.30. The van der Waals surface area contributed by atoms with Gasteiger partial charge in [-0.2, -0.15) is 0 Å². The van der Waals surface area contributed by atoms with Crippen LogP contribution >= 0.6 is 0 Å². The fourth-order valence-electron chi connectivity index (χ4n) is 1.80. The first kappa shape index (κ1) is 12.9. The Balaban J connectivity index is 2.00. The zero-order valence-corrected chi connectivity index (χ0v) is 10.1. The second-order valence-corrected chi connectivity index (χ2v) is 4.22. The van der Waals surface area contributed by atoms with Crippen molar-refractivity contribution in [3.05, 3.63) is 29.6 Å². The molecule has 0 saturated carbocycles. The quantitative estimate of drug-likeness (QED) is 0.827. The van der Waals surface area contributed by atoms with Gasteiger partial charge in [-0.05, 0) is 18.6 Å². The van der Waals surface area contributed by atoms with E-state index in [1.165, 1.54) is 12.1 Å². The summed E-state index contributed by atoms with van der Waals surface area (Å²) in [6, 6.07) is 4.46. The fourth-order valence-corrected chi connectivity index (χ4v) is 1.80. The molecule has 4 heteroatoms. The fraction of sp³-hybridized carbons (Fsp3) is 0.429. The minimum absolute atomic E-state index is 0.256. The van der Waals surface area contributed by atoms with E-state index >= 15 is 0 Å². The van der Waals surface area contributed by atoms with Crippen LogP contribution < -0.4 is 10.5 Å². The lowest BCUT2D eigenvalue weighted by atomic mass is 10.1. The molecule has 2 N–H and O–H groups in total. The van der Waals surface area contributed by atoms with Gasteiger partial charge in [0.05, 0.1) is 19.8 Å². The summed E-state index contributed by atoms with van der Waals surface area (Å²) in [5.74, 6) is 6.03. The molecule has 1 fully saturated rings. The van der Waals surface area contributed by atoms with Gasteiger partial charge in [0.25, 0.3) is 0 Å². The molecule has 3 nitrogen and oxygen atoms in total. The van der Waals surface area contributed by atoms with Gasteiger partial charge in [0, 0.05) is 24.2 Å². The molecule has 1 unspecified atom stereocenters. The van der Waals surface area contributed by atoms with Gasteiger partial charge in [-0.1, -0.05) is 11.8 Å². The largest absolute Gasteiger partial charge is 0.493 e. The van der Waals surface area contributed by atoms with Crippen molar-refractivity contribution in [2.24, 2.45) is 11.7 Å². The molecule has 0 bridgehead atoms. The van der Waals surface area contributed by atoms with Gasteiger partial charge in [-0.25, -0.2) is 4.39 Å². The van der Waals surface area contributed by atoms with Gasteiger partial charge in [0.2, 0.25) is 0 Å². The molecule has 2 rings (SSSR count). The lowest BCUT2D eigenvalue weighted by molar-refractivity contribution is 0.167. The number of halogens is 1. The second kappa shape index (κ2) is 6.39. The Labute approximate surface area is 106 Å². The van der Waals surface area contributed by atoms with Crippen LogP contribution in [0.5, 0.6) is 5.75 Å². The maximum atomic E-state index is 13.4. The van der Waals surface area contributed by atoms with E-state index in [0.29, 0.717) is 23.8 Å². The third kappa shape index (κ3) is 3.73. The van der Waals surface area contributed by atoms with Crippen molar-refractivity contribution >= 4 is 0 Å². The predicted octanol–water partition coefficient (Wildman–Crippen LogP) is 1.55. The number of ether oxygens (including phenoxy) is 2. The van der Waals surface area contributed by atoms with Crippen molar-refractivity contribution in [3.8, 4) is 17.6 Å². The van der Waals surface area contributed by atoms with E-state index in [2.05, 4.69) is 11.8 Å². The third-order valence-electron chi connectivity index (χ3n) is 2.72. The highest BCUT2D eigenvalue weighted by Crippen LogP contribution is 2.19. The van der Waals surface area contributed by atoms with Crippen LogP contribution in [-0.2, 0) is 4.74 Å². The van der Waals surface area contributed by atoms with Gasteiger partial charge in [-0.3, -0.25) is 0 Å². The first-order valence-corrected chi connectivity index (χ1v) is 5.98. The van der Waals surface area contributed by atoms with Crippen molar-refractivity contribution in [2.45, 2.75) is 6.42 Å². The van der Waals surface area contributed by atoms with Crippen molar-refractivity contribution < 1.29 is 13.9 Å². The summed E-state index contributed by atoms with van der Waals surface area (Å²) in [4.78, 5) is 0. The summed E-state index contributed by atoms with van der Waals surface area (Å²) in [6.07, 6.45) is 0.995. The highest BCUT2D eigenvalue weighted by Gasteiger charge is 2.16. The average Bonchev–Trinajstić information content (AvgIpc) is 2.86. The number of hydrogen-bond donors (Lipinski definition) is 1. The highest BCUT2D eigenvalue weighted by molar-refractivity contribution is 5.40. The lowest BCUT2D eigenvalue weighted by Gasteiger charge is -2.10. The van der Waals surface area contributed by atoms with Gasteiger partial charge in [0.1, 0.15) is 11.6 Å². The summed E-state index contributed by atoms with van der Waals surface area (Å²) in [5, 5.41) is 0. The van der Waals surface area contributed by atoms with Crippen LogP contribution in [0.3, 0.4) is 0 Å². The van der Waals surface area contributed by atoms with Crippen LogP contribution in [0.4, 0.5) is 4.39 Å². The van der Waals surface area contributed by atoms with Crippen LogP contribution in [0.15, 0.2) is 18.2 Å². The zero-order chi connectivity index (χ0) is 12.8. The molecule has 1 aromatic carbocycles. The van der Waals surface area contributed by atoms with Crippen molar-refractivity contribution in [2.75, 3.05) is 26.4 Å². The molecule has 0 spiro atoms. The molecule has 1 aliphatic heterocycles. The van der Waals surface area contributed by atoms with Gasteiger partial charge in [-0.15, -0.1) is 0 Å². The lowest BCUT2D eigenvalue weighted by Crippen LogP contribution is -2.11. The Morgan fingerprint density at radius 1 is 1.44 bits per heavy atom. The molecule has 0 aromatic heterocycles. The van der Waals surface area contributed by atoms with Crippen LogP contribution in [-0.4, -0.2) is 26.4 Å². The number of rotatable bonds is 3. The molecule has 0 radical (unpaired) electrons. The maximum Gasteiger partial charge on any atom is 0.128 e. The molecule has 1 heterocycles. The second-order valence-electron chi connectivity index (χ2n) is 4.22. The van der Waals surface area contributed by atoms with E-state index in [4.69, 9.17) is 15.2 Å². The van der Waals surface area contributed by atoms with Crippen molar-refractivity contribution in [3.63, 3.8) is 0 Å². The standard InChI is InChI=1S/C14H16FNO2/c15-13-6-11(2-1-4-16)7-14(8-13)18-10-12-3-5-17-9-12/h6-8,12H,3-5,9-10,16H2. The molecule has 96 valence electrons. The molecule has 0 amide bonds. The van der Waals surface area contributed by atoms with E-state index in [1.54, 1.807) is 6.07 Å². The van der Waals surface area contributed by atoms with Crippen LogP contribution in [0.25, 0.3) is 0 Å². The Morgan fingerprint density at radius 2 is 2.33 bits per heavy atom. The summed E-state index contributed by atoms with van der Waals surface area (Å²) in [7, 11) is 0. The normalized spacial score (nSPS) is 18.2. The van der Waals surface area contributed by atoms with E-state index in [1.807, 2.05) is 0 Å². The monoisotopic (exact) mass is 249 g/mol. The highest BCUT2D eigenvalue weighted by atomic mass is 19.1. The Bertz CT molecular complexity index is 459. The maximum absolute atomic E-state index is 13.4.